The Bertz CT molecular complexity index is 7790. The fourth-order valence-electron chi connectivity index (χ4n) is 16.8. The van der Waals surface area contributed by atoms with Crippen molar-refractivity contribution in [3.8, 4) is 5.75 Å². The summed E-state index contributed by atoms with van der Waals surface area (Å²) in [6.07, 6.45) is 7.97. The van der Waals surface area contributed by atoms with Gasteiger partial charge in [-0.3, -0.25) is 35.4 Å². The van der Waals surface area contributed by atoms with Crippen LogP contribution in [0, 0.1) is 12.7 Å². The lowest BCUT2D eigenvalue weighted by atomic mass is 9.98. The van der Waals surface area contributed by atoms with Gasteiger partial charge in [-0.25, -0.2) is 74.1 Å². The second-order valence-corrected chi connectivity index (χ2v) is 44.7. The number of methoxy groups -OCH3 is 1. The molecule has 0 fully saturated rings. The number of fused-ring (bicyclic) bond motifs is 6. The minimum absolute atomic E-state index is 0.0705. The number of benzene rings is 12. The molecule has 7 N–H and O–H groups in total. The molecular weight excluding hydrogens is 2030 g/mol. The molecular formula is C105H96Cl2FN7O24S6. The molecule has 12 aromatic rings. The number of aliphatic carboxylic acids is 5. The summed E-state index contributed by atoms with van der Waals surface area (Å²) in [7, 11) is -21.8. The monoisotopic (exact) mass is 2120 g/mol. The van der Waals surface area contributed by atoms with Gasteiger partial charge in [0, 0.05) is 60.2 Å². The number of carbonyl (C=O) groups is 6. The number of carboxylic acids is 5. The molecule has 4 unspecified atom stereocenters. The lowest BCUT2D eigenvalue weighted by Crippen LogP contribution is -2.45. The normalized spacial score (nSPS) is 17.1. The maximum atomic E-state index is 13.6. The Morgan fingerprint density at radius 1 is 0.372 bits per heavy atom. The van der Waals surface area contributed by atoms with Crippen molar-refractivity contribution >= 4 is 184 Å². The second-order valence-electron chi connectivity index (χ2n) is 33.4. The fourth-order valence-corrected chi connectivity index (χ4v) is 26.0. The second kappa shape index (κ2) is 46.6. The van der Waals surface area contributed by atoms with E-state index in [1.165, 1.54) is 53.3 Å². The minimum atomic E-state index is -4.08. The molecule has 18 rings (SSSR count). The molecule has 0 aliphatic carbocycles. The van der Waals surface area contributed by atoms with Crippen molar-refractivity contribution in [1.29, 1.82) is 0 Å². The fraction of sp³-hybridized carbons (Fsp3) is 0.162. The Labute approximate surface area is 848 Å². The summed E-state index contributed by atoms with van der Waals surface area (Å²) in [5.41, 5.74) is 17.0. The molecule has 145 heavy (non-hydrogen) atoms. The highest BCUT2D eigenvalue weighted by Crippen LogP contribution is 2.44. The van der Waals surface area contributed by atoms with Crippen LogP contribution in [0.4, 0.5) is 38.5 Å². The first kappa shape index (κ1) is 107. The molecule has 0 bridgehead atoms. The Morgan fingerprint density at radius 3 is 1.15 bits per heavy atom. The van der Waals surface area contributed by atoms with E-state index in [0.29, 0.717) is 73.0 Å². The molecule has 31 nitrogen and oxygen atoms in total. The van der Waals surface area contributed by atoms with Crippen molar-refractivity contribution in [2.45, 2.75) is 88.0 Å². The molecule has 0 aromatic heterocycles. The van der Waals surface area contributed by atoms with E-state index in [9.17, 15) is 104 Å². The topological polar surface area (TPSA) is 463 Å². The SMILES string of the molecule is COc1ccc2c(c1)C[C@H](C(=O)O)N2S(=O)(=O)/C=C/c1ccccc1Cl.Cc1ccc(/C=C/S(=O)(=O)N2c3ccccc3CC2C(N)=O)cc1.O=C(O)C1Cc2ccccc2N1S(=O)(=O)/C=C/c1ccccc1F.O=C(O)C1Cc2ccccc2N1S(=O)(=O)CCc1ccccc1Cl.O=C(O)CC1CN(S(=O)(=O)/C=C/c2ccccc2)c2ccccc21.O=C(O)[C@H]1Cc2ccccc2N1S(=O)(=O)/C=C/c1ccccc1. The first-order valence-corrected chi connectivity index (χ1v) is 54.4. The number of primary amides is 1. The van der Waals surface area contributed by atoms with Crippen LogP contribution in [-0.4, -0.2) is 161 Å². The summed E-state index contributed by atoms with van der Waals surface area (Å²) < 4.78 is 178. The van der Waals surface area contributed by atoms with Crippen molar-refractivity contribution in [2.75, 3.05) is 45.2 Å². The molecule has 6 atom stereocenters. The van der Waals surface area contributed by atoms with E-state index in [-0.39, 0.29) is 62.3 Å². The largest absolute Gasteiger partial charge is 0.497 e. The Kier molecular flexibility index (Phi) is 34.4. The van der Waals surface area contributed by atoms with Crippen LogP contribution >= 0.6 is 23.2 Å². The Hall–Kier alpha value is -15.0. The molecule has 6 aliphatic rings. The van der Waals surface area contributed by atoms with Crippen molar-refractivity contribution in [3.63, 3.8) is 0 Å². The summed E-state index contributed by atoms with van der Waals surface area (Å²) in [6.45, 7) is 2.11. The molecule has 0 saturated carbocycles. The van der Waals surface area contributed by atoms with E-state index in [4.69, 9.17) is 38.8 Å². The number of ether oxygens (including phenoxy) is 1. The van der Waals surface area contributed by atoms with Crippen LogP contribution in [0.3, 0.4) is 0 Å². The zero-order chi connectivity index (χ0) is 104. The molecule has 0 saturated heterocycles. The number of halogens is 3. The predicted octanol–water partition coefficient (Wildman–Crippen LogP) is 16.3. The number of para-hydroxylation sites is 5. The lowest BCUT2D eigenvalue weighted by molar-refractivity contribution is -0.139. The number of nitrogens with zero attached hydrogens (tertiary/aromatic N) is 6. The molecule has 1 amide bonds. The Balaban J connectivity index is 0.000000146. The summed E-state index contributed by atoms with van der Waals surface area (Å²) in [5.74, 6) is -6.88. The third-order valence-electron chi connectivity index (χ3n) is 23.8. The smallest absolute Gasteiger partial charge is 0.327 e. The van der Waals surface area contributed by atoms with E-state index in [0.717, 1.165) is 99.3 Å². The van der Waals surface area contributed by atoms with Crippen molar-refractivity contribution in [1.82, 2.24) is 0 Å². The minimum Gasteiger partial charge on any atom is -0.497 e. The third-order valence-corrected chi connectivity index (χ3v) is 33.6. The summed E-state index contributed by atoms with van der Waals surface area (Å²) in [6, 6.07) is 79.0. The average Bonchev–Trinajstić information content (AvgIpc) is 1.66. The van der Waals surface area contributed by atoms with Crippen LogP contribution in [-0.2, 0) is 127 Å². The average molecular weight is 2120 g/mol. The third kappa shape index (κ3) is 26.2. The van der Waals surface area contributed by atoms with Crippen LogP contribution in [0.5, 0.6) is 5.75 Å². The van der Waals surface area contributed by atoms with E-state index in [1.807, 2.05) is 79.7 Å². The number of carboxylic acid groups (broad SMARTS) is 5. The number of anilines is 6. The zero-order valence-electron chi connectivity index (χ0n) is 77.2. The van der Waals surface area contributed by atoms with Gasteiger partial charge in [-0.15, -0.1) is 0 Å². The lowest BCUT2D eigenvalue weighted by Gasteiger charge is -2.24. The van der Waals surface area contributed by atoms with Gasteiger partial charge in [0.25, 0.3) is 50.1 Å². The molecule has 40 heteroatoms. The molecule has 0 radical (unpaired) electrons. The van der Waals surface area contributed by atoms with Gasteiger partial charge >= 0.3 is 29.8 Å². The number of nitrogens with two attached hydrogens (primary N) is 1. The van der Waals surface area contributed by atoms with Gasteiger partial charge in [0.2, 0.25) is 15.9 Å². The molecule has 6 heterocycles. The van der Waals surface area contributed by atoms with Crippen LogP contribution in [0.25, 0.3) is 30.4 Å². The number of aryl methyl sites for hydroxylation is 2. The van der Waals surface area contributed by atoms with E-state index < -0.39 is 132 Å². The number of carbonyl (C=O) groups excluding carboxylic acids is 1. The van der Waals surface area contributed by atoms with Crippen molar-refractivity contribution < 1.29 is 114 Å². The summed E-state index contributed by atoms with van der Waals surface area (Å²) >= 11 is 12.1. The number of hydrogen-bond acceptors (Lipinski definition) is 19. The number of sulfonamides is 6. The zero-order valence-corrected chi connectivity index (χ0v) is 83.6. The van der Waals surface area contributed by atoms with E-state index in [1.54, 1.807) is 212 Å². The Morgan fingerprint density at radius 2 is 0.717 bits per heavy atom. The van der Waals surface area contributed by atoms with Crippen LogP contribution < -0.4 is 36.3 Å². The first-order valence-electron chi connectivity index (χ1n) is 44.5. The standard InChI is InChI=1S/C18H16ClNO5S.C18H18N2O3S.C18H17NO4S.C17H16ClNO4S.C17H14FNO4S.C17H15NO4S/c1-25-14-6-7-16-13(10-14)11-17(18(21)22)20(16)26(23,24)9-8-12-4-2-3-5-15(12)19;1-13-6-8-14(9-7-13)10-11-24(22,23)20-16-5-3-2-4-15(16)12-17(20)18(19)21;20-18(21)12-15-13-19(17-9-5-4-8-16(15)17)24(22,23)11-10-14-6-2-1-3-7-14;2*18-14-7-3-1-5-12(14)9-10-24(22,23)19-15-8-4-2-6-13(15)11-16(19)17(20)21;19-17(20)16-12-14-8-4-5-9-15(14)18(16)23(21,22)11-10-13-6-2-1-3-7-13/h2-10,17H,11H2,1H3,(H,21,22);2-11,17H,12H2,1H3,(H2,19,21);1-11,15H,12-13H2,(H,20,21);1-8,16H,9-11H2,(H,20,21);1-10,16H,11H2,(H,20,21);1-11,16H,12H2,(H,19,20)/b9-8+;2*11-10+;;10-9+;11-10+/t17-;;;;;16-/m1....1/s1. The van der Waals surface area contributed by atoms with Gasteiger partial charge in [-0.05, 0) is 172 Å². The maximum absolute atomic E-state index is 13.6. The predicted molar refractivity (Wildman–Crippen MR) is 558 cm³/mol. The number of amides is 1. The maximum Gasteiger partial charge on any atom is 0.327 e. The molecule has 12 aromatic carbocycles. The first-order chi connectivity index (χ1) is 69.0. The number of rotatable bonds is 27. The van der Waals surface area contributed by atoms with Crippen LogP contribution in [0.1, 0.15) is 84.7 Å². The van der Waals surface area contributed by atoms with Gasteiger partial charge in [-0.2, -0.15) is 0 Å². The van der Waals surface area contributed by atoms with Gasteiger partial charge in [-0.1, -0.05) is 259 Å². The van der Waals surface area contributed by atoms with E-state index in [2.05, 4.69) is 0 Å². The van der Waals surface area contributed by atoms with Gasteiger partial charge < -0.3 is 36.0 Å². The van der Waals surface area contributed by atoms with Crippen molar-refractivity contribution in [2.24, 2.45) is 5.73 Å². The van der Waals surface area contributed by atoms with Crippen LogP contribution in [0.15, 0.2) is 324 Å². The van der Waals surface area contributed by atoms with Gasteiger partial charge in [0.15, 0.2) is 0 Å². The highest BCUT2D eigenvalue weighted by Gasteiger charge is 2.47. The summed E-state index contributed by atoms with van der Waals surface area (Å²) in [5, 5.41) is 52.8. The quantitative estimate of drug-likeness (QED) is 0.0278. The summed E-state index contributed by atoms with van der Waals surface area (Å²) in [4.78, 5) is 68.9. The molecule has 6 aliphatic heterocycles. The van der Waals surface area contributed by atoms with Gasteiger partial charge in [0.1, 0.15) is 41.8 Å². The van der Waals surface area contributed by atoms with Crippen LogP contribution in [0.2, 0.25) is 10.0 Å². The van der Waals surface area contributed by atoms with E-state index >= 15 is 0 Å². The molecule has 0 spiro atoms. The van der Waals surface area contributed by atoms with Crippen molar-refractivity contribution in [3.05, 3.63) is 412 Å². The highest BCUT2D eigenvalue weighted by atomic mass is 35.5. The highest BCUT2D eigenvalue weighted by molar-refractivity contribution is 7.97. The number of hydrogen-bond donors (Lipinski definition) is 6. The molecule has 752 valence electrons. The van der Waals surface area contributed by atoms with Gasteiger partial charge in [0.05, 0.1) is 80.4 Å².